The number of Topliss-reactive ketones (excluding diaryl/α,β-unsaturated/α-hetero) is 1. The maximum atomic E-state index is 13.2. The van der Waals surface area contributed by atoms with E-state index in [1.807, 2.05) is 0 Å². The van der Waals surface area contributed by atoms with Crippen LogP contribution >= 0.6 is 11.6 Å². The minimum atomic E-state index is -1.58. The predicted octanol–water partition coefficient (Wildman–Crippen LogP) is 2.82. The van der Waals surface area contributed by atoms with Crippen LogP contribution in [0.5, 0.6) is 0 Å². The zero-order valence-corrected chi connectivity index (χ0v) is 14.0. The molecule has 5 nitrogen and oxygen atoms in total. The molecule has 3 aliphatic rings. The summed E-state index contributed by atoms with van der Waals surface area (Å²) in [6, 6.07) is 4.87. The molecule has 1 heterocycles. The third kappa shape index (κ3) is 1.59. The van der Waals surface area contributed by atoms with Crippen molar-refractivity contribution in [2.24, 2.45) is 5.92 Å². The molecule has 0 amide bonds. The van der Waals surface area contributed by atoms with Crippen LogP contribution in [-0.4, -0.2) is 29.9 Å². The van der Waals surface area contributed by atoms with Gasteiger partial charge in [0.15, 0.2) is 11.0 Å². The smallest absolute Gasteiger partial charge is 0.329 e. The molecule has 24 heavy (non-hydrogen) atoms. The van der Waals surface area contributed by atoms with Gasteiger partial charge in [-0.2, -0.15) is 0 Å². The number of hydrogen-bond donors (Lipinski definition) is 0. The van der Waals surface area contributed by atoms with Crippen molar-refractivity contribution in [3.63, 3.8) is 0 Å². The van der Waals surface area contributed by atoms with E-state index < -0.39 is 28.9 Å². The third-order valence-corrected chi connectivity index (χ3v) is 5.94. The van der Waals surface area contributed by atoms with Crippen LogP contribution in [-0.2, 0) is 24.5 Å². The van der Waals surface area contributed by atoms with Gasteiger partial charge >= 0.3 is 11.9 Å². The number of carbonyl (C=O) groups excluding carboxylic acids is 3. The lowest BCUT2D eigenvalue weighted by Gasteiger charge is -2.44. The molecular formula is C18H17ClO5. The summed E-state index contributed by atoms with van der Waals surface area (Å²) in [6.45, 7) is 1.84. The molecule has 0 unspecified atom stereocenters. The monoisotopic (exact) mass is 348 g/mol. The molecule has 1 aliphatic heterocycles. The second-order valence-electron chi connectivity index (χ2n) is 6.60. The summed E-state index contributed by atoms with van der Waals surface area (Å²) in [6.07, 6.45) is 2.61. The van der Waals surface area contributed by atoms with Crippen LogP contribution in [0.4, 0.5) is 0 Å². The quantitative estimate of drug-likeness (QED) is 0.607. The van der Waals surface area contributed by atoms with Gasteiger partial charge in [0.2, 0.25) is 5.78 Å². The van der Waals surface area contributed by atoms with Crippen LogP contribution in [0, 0.1) is 5.92 Å². The number of halogens is 1. The minimum absolute atomic E-state index is 0.150. The SMILES string of the molecule is CCOC(=O)[C@]12C(=O)O[C@@]3(CCCC[C@H]13)C(=O)c1c(Cl)cccc12. The zero-order chi connectivity index (χ0) is 17.1. The van der Waals surface area contributed by atoms with Crippen molar-refractivity contribution in [2.45, 2.75) is 43.6 Å². The molecule has 2 fully saturated rings. The lowest BCUT2D eigenvalue weighted by atomic mass is 9.55. The third-order valence-electron chi connectivity index (χ3n) is 5.62. The number of hydrogen-bond acceptors (Lipinski definition) is 5. The first-order valence-electron chi connectivity index (χ1n) is 8.24. The largest absolute Gasteiger partial charge is 0.465 e. The zero-order valence-electron chi connectivity index (χ0n) is 13.3. The van der Waals surface area contributed by atoms with Gasteiger partial charge in [-0.1, -0.05) is 30.2 Å². The van der Waals surface area contributed by atoms with Gasteiger partial charge < -0.3 is 9.47 Å². The van der Waals surface area contributed by atoms with E-state index in [2.05, 4.69) is 0 Å². The van der Waals surface area contributed by atoms with E-state index >= 15 is 0 Å². The van der Waals surface area contributed by atoms with Crippen molar-refractivity contribution < 1.29 is 23.9 Å². The molecule has 0 aromatic heterocycles. The van der Waals surface area contributed by atoms with Crippen molar-refractivity contribution in [3.05, 3.63) is 34.3 Å². The molecule has 1 aromatic carbocycles. The molecule has 0 radical (unpaired) electrons. The van der Waals surface area contributed by atoms with E-state index in [1.54, 1.807) is 25.1 Å². The molecule has 0 spiro atoms. The molecule has 3 atom stereocenters. The van der Waals surface area contributed by atoms with Gasteiger partial charge in [0.05, 0.1) is 11.6 Å². The number of ether oxygens (including phenoxy) is 2. The van der Waals surface area contributed by atoms with Gasteiger partial charge in [-0.25, -0.2) is 0 Å². The molecule has 2 bridgehead atoms. The van der Waals surface area contributed by atoms with Gasteiger partial charge in [0.25, 0.3) is 0 Å². The van der Waals surface area contributed by atoms with Crippen molar-refractivity contribution in [1.29, 1.82) is 0 Å². The summed E-state index contributed by atoms with van der Waals surface area (Å²) in [5, 5.41) is 0.243. The first-order chi connectivity index (χ1) is 11.5. The maximum absolute atomic E-state index is 13.2. The first kappa shape index (κ1) is 15.6. The van der Waals surface area contributed by atoms with Crippen molar-refractivity contribution in [1.82, 2.24) is 0 Å². The molecule has 6 heteroatoms. The summed E-state index contributed by atoms with van der Waals surface area (Å²) in [5.74, 6) is -2.12. The van der Waals surface area contributed by atoms with Crippen LogP contribution in [0.25, 0.3) is 0 Å². The van der Waals surface area contributed by atoms with E-state index in [0.717, 1.165) is 12.8 Å². The Balaban J connectivity index is 2.07. The average molecular weight is 349 g/mol. The summed E-state index contributed by atoms with van der Waals surface area (Å²) in [4.78, 5) is 39.1. The molecule has 1 saturated carbocycles. The summed E-state index contributed by atoms with van der Waals surface area (Å²) in [5.41, 5.74) is -2.29. The van der Waals surface area contributed by atoms with Gasteiger partial charge in [-0.05, 0) is 37.8 Å². The Morgan fingerprint density at radius 3 is 2.92 bits per heavy atom. The Morgan fingerprint density at radius 2 is 2.17 bits per heavy atom. The van der Waals surface area contributed by atoms with E-state index in [0.29, 0.717) is 18.4 Å². The molecule has 0 N–H and O–H groups in total. The second-order valence-corrected chi connectivity index (χ2v) is 7.00. The highest BCUT2D eigenvalue weighted by atomic mass is 35.5. The highest BCUT2D eigenvalue weighted by Gasteiger charge is 2.76. The van der Waals surface area contributed by atoms with Gasteiger partial charge in [0, 0.05) is 11.5 Å². The molecule has 2 aliphatic carbocycles. The number of rotatable bonds is 2. The number of fused-ring (bicyclic) bond motifs is 2. The topological polar surface area (TPSA) is 69.7 Å². The minimum Gasteiger partial charge on any atom is -0.465 e. The van der Waals surface area contributed by atoms with Gasteiger partial charge in [-0.15, -0.1) is 0 Å². The molecular weight excluding hydrogens is 332 g/mol. The highest BCUT2D eigenvalue weighted by molar-refractivity contribution is 6.36. The van der Waals surface area contributed by atoms with E-state index in [1.165, 1.54) is 0 Å². The van der Waals surface area contributed by atoms with Crippen LogP contribution in [0.3, 0.4) is 0 Å². The molecule has 4 rings (SSSR count). The number of esters is 2. The lowest BCUT2D eigenvalue weighted by Crippen LogP contribution is -2.58. The Kier molecular flexibility index (Phi) is 3.29. The first-order valence-corrected chi connectivity index (χ1v) is 8.62. The predicted molar refractivity (Wildman–Crippen MR) is 84.9 cm³/mol. The van der Waals surface area contributed by atoms with E-state index in [4.69, 9.17) is 21.1 Å². The van der Waals surface area contributed by atoms with Crippen LogP contribution in [0.15, 0.2) is 18.2 Å². The number of carbonyl (C=O) groups is 3. The normalized spacial score (nSPS) is 33.5. The second kappa shape index (κ2) is 5.06. The summed E-state index contributed by atoms with van der Waals surface area (Å²) in [7, 11) is 0. The van der Waals surface area contributed by atoms with Crippen molar-refractivity contribution in [3.8, 4) is 0 Å². The Labute approximate surface area is 144 Å². The fourth-order valence-electron chi connectivity index (χ4n) is 4.71. The molecule has 126 valence electrons. The van der Waals surface area contributed by atoms with Crippen LogP contribution in [0.1, 0.15) is 48.5 Å². The van der Waals surface area contributed by atoms with Crippen LogP contribution < -0.4 is 0 Å². The van der Waals surface area contributed by atoms with Crippen molar-refractivity contribution in [2.75, 3.05) is 6.61 Å². The Bertz CT molecular complexity index is 773. The fraction of sp³-hybridized carbons (Fsp3) is 0.500. The van der Waals surface area contributed by atoms with E-state index in [9.17, 15) is 14.4 Å². The average Bonchev–Trinajstić information content (AvgIpc) is 2.80. The molecule has 1 saturated heterocycles. The fourth-order valence-corrected chi connectivity index (χ4v) is 4.97. The summed E-state index contributed by atoms with van der Waals surface area (Å²) < 4.78 is 10.9. The Hall–Kier alpha value is -1.88. The standard InChI is InChI=1S/C18H17ClO5/c1-2-23-15(21)18-10-6-5-7-11(19)13(10)14(20)17(24-16(18)22)9-4-3-8-12(17)18/h5-7,12H,2-4,8-9H2,1H3/t12-,17+,18+/m0/s1. The van der Waals surface area contributed by atoms with Gasteiger partial charge in [-0.3, -0.25) is 14.4 Å². The van der Waals surface area contributed by atoms with Crippen LogP contribution in [0.2, 0.25) is 5.02 Å². The number of benzene rings is 1. The van der Waals surface area contributed by atoms with E-state index in [-0.39, 0.29) is 23.0 Å². The maximum Gasteiger partial charge on any atom is 0.329 e. The molecule has 1 aromatic rings. The Morgan fingerprint density at radius 1 is 1.38 bits per heavy atom. The lowest BCUT2D eigenvalue weighted by molar-refractivity contribution is -0.160. The number of ketones is 1. The summed E-state index contributed by atoms with van der Waals surface area (Å²) >= 11 is 6.27. The highest BCUT2D eigenvalue weighted by Crippen LogP contribution is 2.60. The van der Waals surface area contributed by atoms with Gasteiger partial charge in [0.1, 0.15) is 0 Å². The van der Waals surface area contributed by atoms with Crippen molar-refractivity contribution >= 4 is 29.3 Å².